The molecule has 3 rings (SSSR count). The van der Waals surface area contributed by atoms with E-state index >= 15 is 0 Å². The average molecular weight is 572 g/mol. The van der Waals surface area contributed by atoms with E-state index in [0.717, 1.165) is 45.1 Å². The van der Waals surface area contributed by atoms with Crippen molar-refractivity contribution in [3.05, 3.63) is 25.3 Å². The van der Waals surface area contributed by atoms with Crippen LogP contribution in [0, 0.1) is 0 Å². The summed E-state index contributed by atoms with van der Waals surface area (Å²) in [7, 11) is 0. The van der Waals surface area contributed by atoms with E-state index in [-0.39, 0.29) is 23.2 Å². The van der Waals surface area contributed by atoms with Crippen molar-refractivity contribution in [2.45, 2.75) is 135 Å². The van der Waals surface area contributed by atoms with Crippen LogP contribution in [0.1, 0.15) is 101 Å². The molecule has 10 nitrogen and oxygen atoms in total. The normalized spacial score (nSPS) is 22.0. The third-order valence-corrected chi connectivity index (χ3v) is 7.80. The third kappa shape index (κ3) is 8.64. The number of carbonyl (C=O) groups excluding carboxylic acids is 1. The molecule has 230 valence electrons. The molecule has 10 heteroatoms. The van der Waals surface area contributed by atoms with Gasteiger partial charge < -0.3 is 25.1 Å². The van der Waals surface area contributed by atoms with Gasteiger partial charge in [-0.15, -0.1) is 11.6 Å². The minimum Gasteiger partial charge on any atom is -0.460 e. The first kappa shape index (κ1) is 32.8. The second kappa shape index (κ2) is 12.7. The number of rotatable bonds is 12. The second-order valence-corrected chi connectivity index (χ2v) is 14.1. The molecule has 0 saturated carbocycles. The van der Waals surface area contributed by atoms with Gasteiger partial charge >= 0.3 is 12.0 Å². The maximum Gasteiger partial charge on any atom is 0.349 e. The largest absolute Gasteiger partial charge is 0.460 e. The number of ether oxygens (including phenoxy) is 1. The van der Waals surface area contributed by atoms with Crippen molar-refractivity contribution in [1.29, 1.82) is 0 Å². The van der Waals surface area contributed by atoms with Crippen molar-refractivity contribution in [3.8, 4) is 6.01 Å². The zero-order valence-electron chi connectivity index (χ0n) is 26.8. The number of hydrogen-bond donors (Lipinski definition) is 2. The maximum atomic E-state index is 12.2. The Balaban J connectivity index is 1.98. The van der Waals surface area contributed by atoms with E-state index in [1.807, 2.05) is 5.06 Å². The summed E-state index contributed by atoms with van der Waals surface area (Å²) < 4.78 is 6.52. The minimum absolute atomic E-state index is 0.0338. The van der Waals surface area contributed by atoms with Gasteiger partial charge in [0.25, 0.3) is 0 Å². The molecule has 0 aromatic carbocycles. The Morgan fingerprint density at radius 2 is 1.63 bits per heavy atom. The summed E-state index contributed by atoms with van der Waals surface area (Å²) in [6.45, 7) is 28.1. The Morgan fingerprint density at radius 3 is 2.17 bits per heavy atom. The highest BCUT2D eigenvalue weighted by atomic mass is 16.7. The standard InChI is InChI=1S/C31H53N7O3/c1-12-15-17-37(22-18-30(8,9)38(31(10,11)19-22)41-24(39)14-3)26-33-25(32-16-13-2)34-27(35-26)40-23-20-28(4,5)36-29(6,7)21-23/h13-14,22-23,36H,2-3,12,15-21H2,1,4-11H3,(H,32,33,34,35). The molecule has 2 aliphatic heterocycles. The molecule has 0 aliphatic carbocycles. The van der Waals surface area contributed by atoms with E-state index in [0.29, 0.717) is 24.5 Å². The fourth-order valence-electron chi connectivity index (χ4n) is 6.81. The lowest BCUT2D eigenvalue weighted by molar-refractivity contribution is -0.263. The fraction of sp³-hybridized carbons (Fsp3) is 0.742. The Morgan fingerprint density at radius 1 is 1.02 bits per heavy atom. The molecule has 2 aliphatic rings. The van der Waals surface area contributed by atoms with Gasteiger partial charge in [-0.05, 0) is 74.7 Å². The number of hydroxylamine groups is 2. The first-order chi connectivity index (χ1) is 19.0. The molecule has 2 N–H and O–H groups in total. The van der Waals surface area contributed by atoms with Crippen molar-refractivity contribution in [3.63, 3.8) is 0 Å². The van der Waals surface area contributed by atoms with Crippen molar-refractivity contribution in [1.82, 2.24) is 25.3 Å². The average Bonchev–Trinajstić information content (AvgIpc) is 2.82. The lowest BCUT2D eigenvalue weighted by Crippen LogP contribution is -2.64. The number of unbranched alkanes of at least 4 members (excludes halogenated alkanes) is 1. The van der Waals surface area contributed by atoms with Gasteiger partial charge in [0.05, 0.1) is 11.1 Å². The predicted molar refractivity (Wildman–Crippen MR) is 165 cm³/mol. The van der Waals surface area contributed by atoms with Crippen molar-refractivity contribution in [2.24, 2.45) is 0 Å². The van der Waals surface area contributed by atoms with E-state index in [1.165, 1.54) is 6.08 Å². The number of hydrogen-bond acceptors (Lipinski definition) is 10. The summed E-state index contributed by atoms with van der Waals surface area (Å²) in [5.41, 5.74) is -1.00. The summed E-state index contributed by atoms with van der Waals surface area (Å²) in [6, 6.07) is 0.432. The molecule has 0 amide bonds. The Labute approximate surface area is 247 Å². The summed E-state index contributed by atoms with van der Waals surface area (Å²) in [6.07, 6.45) is 8.16. The van der Waals surface area contributed by atoms with Crippen LogP contribution in [0.5, 0.6) is 6.01 Å². The first-order valence-corrected chi connectivity index (χ1v) is 15.0. The maximum absolute atomic E-state index is 12.2. The van der Waals surface area contributed by atoms with Crippen LogP contribution in [0.15, 0.2) is 25.3 Å². The molecule has 3 heterocycles. The van der Waals surface area contributed by atoms with Gasteiger partial charge in [-0.2, -0.15) is 15.0 Å². The minimum atomic E-state index is -0.450. The topological polar surface area (TPSA) is 105 Å². The molecule has 0 unspecified atom stereocenters. The highest BCUT2D eigenvalue weighted by molar-refractivity contribution is 5.81. The molecule has 1 aromatic rings. The number of piperidine rings is 2. The lowest BCUT2D eigenvalue weighted by Gasteiger charge is -2.54. The summed E-state index contributed by atoms with van der Waals surface area (Å²) in [5.74, 6) is 0.610. The zero-order chi connectivity index (χ0) is 30.6. The van der Waals surface area contributed by atoms with Gasteiger partial charge in [-0.1, -0.05) is 26.0 Å². The smallest absolute Gasteiger partial charge is 0.349 e. The highest BCUT2D eigenvalue weighted by Crippen LogP contribution is 2.41. The van der Waals surface area contributed by atoms with Crippen LogP contribution in [-0.2, 0) is 9.63 Å². The fourth-order valence-corrected chi connectivity index (χ4v) is 6.81. The van der Waals surface area contributed by atoms with Crippen molar-refractivity contribution in [2.75, 3.05) is 23.3 Å². The molecule has 2 fully saturated rings. The highest BCUT2D eigenvalue weighted by Gasteiger charge is 2.50. The van der Waals surface area contributed by atoms with Gasteiger partial charge in [0.2, 0.25) is 11.9 Å². The van der Waals surface area contributed by atoms with Gasteiger partial charge in [0, 0.05) is 49.1 Å². The van der Waals surface area contributed by atoms with Crippen LogP contribution in [-0.4, -0.2) is 73.4 Å². The lowest BCUT2D eigenvalue weighted by atomic mass is 9.78. The number of nitrogens with one attached hydrogen (secondary N) is 2. The third-order valence-electron chi connectivity index (χ3n) is 7.80. The molecule has 0 atom stereocenters. The van der Waals surface area contributed by atoms with Crippen LogP contribution in [0.3, 0.4) is 0 Å². The van der Waals surface area contributed by atoms with Crippen LogP contribution >= 0.6 is 0 Å². The van der Waals surface area contributed by atoms with E-state index in [2.05, 4.69) is 96.0 Å². The van der Waals surface area contributed by atoms with E-state index in [1.54, 1.807) is 6.08 Å². The monoisotopic (exact) mass is 571 g/mol. The molecule has 41 heavy (non-hydrogen) atoms. The number of carbonyl (C=O) groups is 1. The molecular weight excluding hydrogens is 518 g/mol. The van der Waals surface area contributed by atoms with Gasteiger partial charge in [-0.3, -0.25) is 0 Å². The van der Waals surface area contributed by atoms with Crippen LogP contribution in [0.25, 0.3) is 0 Å². The van der Waals surface area contributed by atoms with Gasteiger partial charge in [0.15, 0.2) is 0 Å². The molecule has 0 spiro atoms. The summed E-state index contributed by atoms with van der Waals surface area (Å²) in [4.78, 5) is 34.7. The Kier molecular flexibility index (Phi) is 10.1. The molecule has 1 aromatic heterocycles. The summed E-state index contributed by atoms with van der Waals surface area (Å²) >= 11 is 0. The number of aromatic nitrogens is 3. The second-order valence-electron chi connectivity index (χ2n) is 14.1. The SMILES string of the molecule is C=CCNc1nc(OC2CC(C)(C)NC(C)(C)C2)nc(N(CCCC)C2CC(C)(C)N(OC(=O)C=C)C(C)(C)C2)n1. The first-order valence-electron chi connectivity index (χ1n) is 15.0. The van der Waals surface area contributed by atoms with Gasteiger partial charge in [0.1, 0.15) is 6.10 Å². The van der Waals surface area contributed by atoms with E-state index in [9.17, 15) is 4.79 Å². The Hall–Kier alpha value is -2.72. The molecule has 0 radical (unpaired) electrons. The van der Waals surface area contributed by atoms with E-state index in [4.69, 9.17) is 19.5 Å². The molecular formula is C31H53N7O3. The molecule has 0 bridgehead atoms. The van der Waals surface area contributed by atoms with Crippen LogP contribution in [0.2, 0.25) is 0 Å². The van der Waals surface area contributed by atoms with E-state index < -0.39 is 17.0 Å². The quantitative estimate of drug-likeness (QED) is 0.249. The Bertz CT molecular complexity index is 1050. The van der Waals surface area contributed by atoms with Crippen LogP contribution < -0.4 is 20.3 Å². The number of anilines is 2. The van der Waals surface area contributed by atoms with Crippen LogP contribution in [0.4, 0.5) is 11.9 Å². The van der Waals surface area contributed by atoms with Gasteiger partial charge in [-0.25, -0.2) is 4.79 Å². The van der Waals surface area contributed by atoms with Crippen molar-refractivity contribution < 1.29 is 14.4 Å². The van der Waals surface area contributed by atoms with Crippen molar-refractivity contribution >= 4 is 17.9 Å². The summed E-state index contributed by atoms with van der Waals surface area (Å²) in [5, 5.41) is 8.80. The number of nitrogens with zero attached hydrogens (tertiary/aromatic N) is 5. The predicted octanol–water partition coefficient (Wildman–Crippen LogP) is 5.43. The molecule has 2 saturated heterocycles. The zero-order valence-corrected chi connectivity index (χ0v) is 26.8.